The number of alkyl halides is 3. The van der Waals surface area contributed by atoms with Crippen molar-refractivity contribution in [1.29, 1.82) is 0 Å². The molecule has 0 N–H and O–H groups in total. The van der Waals surface area contributed by atoms with Gasteiger partial charge in [-0.2, -0.15) is 13.2 Å². The summed E-state index contributed by atoms with van der Waals surface area (Å²) in [5, 5.41) is 0. The molecule has 0 spiro atoms. The maximum Gasteiger partial charge on any atom is 0.416 e. The topological polar surface area (TPSA) is 3.01 Å². The Hall–Kier alpha value is -1.22. The van der Waals surface area contributed by atoms with Crippen molar-refractivity contribution in [1.82, 2.24) is 3.11 Å². The second-order valence-electron chi connectivity index (χ2n) is 6.07. The molecule has 1 aliphatic heterocycles. The van der Waals surface area contributed by atoms with Gasteiger partial charge in [0.05, 0.1) is 17.0 Å². The Morgan fingerprint density at radius 3 is 2.21 bits per heavy atom. The number of nitrogens with zero attached hydrogens (tertiary/aromatic N) is 1. The van der Waals surface area contributed by atoms with E-state index in [0.717, 1.165) is 18.2 Å². The van der Waals surface area contributed by atoms with Crippen molar-refractivity contribution in [2.45, 2.75) is 24.6 Å². The summed E-state index contributed by atoms with van der Waals surface area (Å²) in [4.78, 5) is 0. The minimum absolute atomic E-state index is 0.272. The average molecular weight is 453 g/mol. The molecule has 1 heterocycles. The second-order valence-corrected chi connectivity index (χ2v) is 7.24. The molecule has 3 unspecified atom stereocenters. The highest BCUT2D eigenvalue weighted by Gasteiger charge is 2.49. The molecule has 1 nitrogen and oxygen atoms in total. The number of hydrogen-bond acceptors (Lipinski definition) is 1. The van der Waals surface area contributed by atoms with Crippen LogP contribution < -0.4 is 0 Å². The fourth-order valence-corrected chi connectivity index (χ4v) is 3.57. The third-order valence-corrected chi connectivity index (χ3v) is 5.71. The van der Waals surface area contributed by atoms with Crippen molar-refractivity contribution < 1.29 is 22.0 Å². The van der Waals surface area contributed by atoms with Gasteiger partial charge in [0.2, 0.25) is 0 Å². The zero-order chi connectivity index (χ0) is 17.7. The molecule has 128 valence electrons. The Balaban J connectivity index is 1.93. The van der Waals surface area contributed by atoms with Crippen molar-refractivity contribution in [3.63, 3.8) is 0 Å². The van der Waals surface area contributed by atoms with Crippen LogP contribution in [0.25, 0.3) is 0 Å². The Bertz CT molecular complexity index is 747. The molecule has 24 heavy (non-hydrogen) atoms. The van der Waals surface area contributed by atoms with Gasteiger partial charge in [0.1, 0.15) is 11.7 Å². The van der Waals surface area contributed by atoms with E-state index in [9.17, 15) is 22.0 Å². The summed E-state index contributed by atoms with van der Waals surface area (Å²) in [6.45, 7) is 2.56. The number of benzene rings is 1. The van der Waals surface area contributed by atoms with E-state index >= 15 is 0 Å². The minimum atomic E-state index is -4.46. The van der Waals surface area contributed by atoms with Crippen molar-refractivity contribution in [3.05, 3.63) is 70.8 Å². The first-order chi connectivity index (χ1) is 11.1. The summed E-state index contributed by atoms with van der Waals surface area (Å²) < 4.78 is 68.5. The van der Waals surface area contributed by atoms with Crippen LogP contribution in [0.5, 0.6) is 0 Å². The molecule has 1 fully saturated rings. The van der Waals surface area contributed by atoms with E-state index in [1.54, 1.807) is 0 Å². The van der Waals surface area contributed by atoms with Gasteiger partial charge in [-0.1, -0.05) is 12.1 Å². The third kappa shape index (κ3) is 3.28. The van der Waals surface area contributed by atoms with E-state index < -0.39 is 34.9 Å². The molecule has 1 aromatic carbocycles. The molecule has 0 aromatic heterocycles. The molecule has 1 aliphatic carbocycles. The molecule has 0 saturated carbocycles. The predicted molar refractivity (Wildman–Crippen MR) is 89.8 cm³/mol. The zero-order valence-electron chi connectivity index (χ0n) is 12.5. The number of hydrogen-bond donors (Lipinski definition) is 0. The van der Waals surface area contributed by atoms with Gasteiger partial charge in [-0.05, 0) is 48.4 Å². The van der Waals surface area contributed by atoms with Crippen LogP contribution in [-0.2, 0) is 6.18 Å². The molecule has 0 radical (unpaired) electrons. The van der Waals surface area contributed by atoms with Gasteiger partial charge >= 0.3 is 6.18 Å². The van der Waals surface area contributed by atoms with Gasteiger partial charge in [0.25, 0.3) is 0 Å². The summed E-state index contributed by atoms with van der Waals surface area (Å²) in [7, 11) is 0. The lowest BCUT2D eigenvalue weighted by molar-refractivity contribution is -0.137. The first kappa shape index (κ1) is 17.6. The molecule has 0 bridgehead atoms. The summed E-state index contributed by atoms with van der Waals surface area (Å²) in [6.07, 6.45) is -0.812. The summed E-state index contributed by atoms with van der Waals surface area (Å²) in [5.41, 5.74) is -0.456. The molecular formula is C17H13F5IN. The Kier molecular flexibility index (Phi) is 4.36. The van der Waals surface area contributed by atoms with Gasteiger partial charge in [0, 0.05) is 29.4 Å². The molecule has 1 aromatic rings. The van der Waals surface area contributed by atoms with Crippen molar-refractivity contribution >= 4 is 22.9 Å². The molecule has 2 aliphatic rings. The van der Waals surface area contributed by atoms with Crippen molar-refractivity contribution in [2.24, 2.45) is 0 Å². The van der Waals surface area contributed by atoms with Crippen LogP contribution in [0.2, 0.25) is 0 Å². The fraction of sp³-hybridized carbons (Fsp3) is 0.294. The maximum atomic E-state index is 14.6. The summed E-state index contributed by atoms with van der Waals surface area (Å²) in [6, 6.07) is 4.11. The first-order valence-electron chi connectivity index (χ1n) is 7.18. The van der Waals surface area contributed by atoms with E-state index in [0.29, 0.717) is 12.1 Å². The second kappa shape index (κ2) is 5.94. The van der Waals surface area contributed by atoms with Gasteiger partial charge in [-0.3, -0.25) is 0 Å². The smallest absolute Gasteiger partial charge is 0.234 e. The van der Waals surface area contributed by atoms with Crippen LogP contribution in [0.4, 0.5) is 22.0 Å². The van der Waals surface area contributed by atoms with Crippen LogP contribution in [0.15, 0.2) is 59.7 Å². The lowest BCUT2D eigenvalue weighted by Gasteiger charge is -2.13. The first-order valence-corrected chi connectivity index (χ1v) is 8.15. The van der Waals surface area contributed by atoms with Crippen LogP contribution in [0, 0.1) is 0 Å². The highest BCUT2D eigenvalue weighted by molar-refractivity contribution is 14.1. The summed E-state index contributed by atoms with van der Waals surface area (Å²) in [5.74, 6) is -2.23. The highest BCUT2D eigenvalue weighted by atomic mass is 127. The molecular weight excluding hydrogens is 440 g/mol. The van der Waals surface area contributed by atoms with Gasteiger partial charge in [-0.15, -0.1) is 0 Å². The molecule has 3 rings (SSSR count). The van der Waals surface area contributed by atoms with E-state index in [1.165, 1.54) is 24.3 Å². The Morgan fingerprint density at radius 1 is 1.12 bits per heavy atom. The van der Waals surface area contributed by atoms with E-state index in [2.05, 4.69) is 22.9 Å². The largest absolute Gasteiger partial charge is 0.416 e. The van der Waals surface area contributed by atoms with E-state index in [-0.39, 0.29) is 5.56 Å². The normalized spacial score (nSPS) is 30.2. The minimum Gasteiger partial charge on any atom is -0.234 e. The van der Waals surface area contributed by atoms with Crippen molar-refractivity contribution in [2.75, 3.05) is 6.54 Å². The quantitative estimate of drug-likeness (QED) is 0.235. The fourth-order valence-electron chi connectivity index (χ4n) is 2.63. The van der Waals surface area contributed by atoms with Gasteiger partial charge < -0.3 is 0 Å². The molecule has 7 heteroatoms. The van der Waals surface area contributed by atoms with Crippen molar-refractivity contribution in [3.8, 4) is 0 Å². The third-order valence-electron chi connectivity index (χ3n) is 4.31. The maximum absolute atomic E-state index is 14.6. The molecule has 3 atom stereocenters. The highest BCUT2D eigenvalue weighted by Crippen LogP contribution is 2.45. The van der Waals surface area contributed by atoms with Gasteiger partial charge in [-0.25, -0.2) is 11.9 Å². The van der Waals surface area contributed by atoms with Crippen LogP contribution in [0.3, 0.4) is 0 Å². The van der Waals surface area contributed by atoms with E-state index in [1.807, 2.05) is 10.0 Å². The Labute approximate surface area is 150 Å². The number of halogens is 6. The van der Waals surface area contributed by atoms with Crippen LogP contribution >= 0.6 is 22.9 Å². The predicted octanol–water partition coefficient (Wildman–Crippen LogP) is 5.86. The monoisotopic (exact) mass is 453 g/mol. The zero-order valence-corrected chi connectivity index (χ0v) is 14.7. The lowest BCUT2D eigenvalue weighted by atomic mass is 9.95. The van der Waals surface area contributed by atoms with Gasteiger partial charge in [0.15, 0.2) is 0 Å². The van der Waals surface area contributed by atoms with E-state index in [4.69, 9.17) is 0 Å². The molecule has 1 saturated heterocycles. The standard InChI is InChI=1S/C17H13F5IN/c1-16(9-24(16)23)12-6-13(18)8-14(15(19)7-12)10-2-4-11(5-3-10)17(20,21)22/h2-8,14H,9H2,1H3. The SMILES string of the molecule is CC1(C2=CC(F)=CC(c3ccc(C(F)(F)F)cc3)C(F)=C2)CN1I. The number of allylic oxidation sites excluding steroid dienone is 4. The summed E-state index contributed by atoms with van der Waals surface area (Å²) >= 11 is 2.08. The lowest BCUT2D eigenvalue weighted by Crippen LogP contribution is -2.11. The Morgan fingerprint density at radius 2 is 1.71 bits per heavy atom. The average Bonchev–Trinajstić information content (AvgIpc) is 3.15. The van der Waals surface area contributed by atoms with Crippen LogP contribution in [0.1, 0.15) is 24.0 Å². The number of rotatable bonds is 2. The molecule has 0 amide bonds. The van der Waals surface area contributed by atoms with Crippen LogP contribution in [-0.4, -0.2) is 15.2 Å².